The molecule has 0 aromatic carbocycles. The van der Waals surface area contributed by atoms with Crippen molar-refractivity contribution in [1.29, 1.82) is 0 Å². The monoisotopic (exact) mass is 347 g/mol. The van der Waals surface area contributed by atoms with E-state index in [0.29, 0.717) is 17.1 Å². The first kappa shape index (κ1) is 16.7. The lowest BCUT2D eigenvalue weighted by Gasteiger charge is -2.15. The normalized spacial score (nSPS) is 13.3. The quantitative estimate of drug-likeness (QED) is 0.819. The summed E-state index contributed by atoms with van der Waals surface area (Å²) in [4.78, 5) is 27.1. The molecule has 0 saturated heterocycles. The van der Waals surface area contributed by atoms with Gasteiger partial charge in [-0.1, -0.05) is 0 Å². The van der Waals surface area contributed by atoms with Gasteiger partial charge in [-0.15, -0.1) is 11.3 Å². The number of primary amides is 1. The summed E-state index contributed by atoms with van der Waals surface area (Å²) in [5.41, 5.74) is 8.07. The molecule has 24 heavy (non-hydrogen) atoms. The van der Waals surface area contributed by atoms with Gasteiger partial charge in [-0.25, -0.2) is 0 Å². The molecule has 1 aliphatic carbocycles. The molecule has 128 valence electrons. The Kier molecular flexibility index (Phi) is 4.68. The van der Waals surface area contributed by atoms with Gasteiger partial charge >= 0.3 is 0 Å². The number of carbonyl (C=O) groups excluding carboxylic acids is 2. The highest BCUT2D eigenvalue weighted by molar-refractivity contribution is 7.17. The van der Waals surface area contributed by atoms with Crippen LogP contribution in [0.25, 0.3) is 0 Å². The molecular formula is C16H21N5O2S. The van der Waals surface area contributed by atoms with E-state index in [2.05, 4.69) is 10.4 Å². The highest BCUT2D eigenvalue weighted by atomic mass is 32.1. The highest BCUT2D eigenvalue weighted by Crippen LogP contribution is 2.38. The summed E-state index contributed by atoms with van der Waals surface area (Å²) in [6.07, 6.45) is 6.56. The van der Waals surface area contributed by atoms with Crippen molar-refractivity contribution in [1.82, 2.24) is 14.7 Å². The van der Waals surface area contributed by atoms with E-state index in [4.69, 9.17) is 5.73 Å². The molecule has 0 radical (unpaired) electrons. The number of nitrogens with zero attached hydrogens (tertiary/aromatic N) is 3. The number of hydrogen-bond donors (Lipinski definition) is 2. The number of aromatic nitrogens is 2. The van der Waals surface area contributed by atoms with Crippen molar-refractivity contribution in [3.63, 3.8) is 0 Å². The predicted molar refractivity (Wildman–Crippen MR) is 93.0 cm³/mol. The predicted octanol–water partition coefficient (Wildman–Crippen LogP) is 1.14. The van der Waals surface area contributed by atoms with Gasteiger partial charge in [0.25, 0.3) is 5.91 Å². The van der Waals surface area contributed by atoms with Crippen LogP contribution < -0.4 is 11.1 Å². The number of anilines is 1. The molecule has 7 nitrogen and oxygen atoms in total. The zero-order chi connectivity index (χ0) is 17.3. The average molecular weight is 347 g/mol. The summed E-state index contributed by atoms with van der Waals surface area (Å²) in [5.74, 6) is -0.614. The molecule has 0 aliphatic heterocycles. The molecule has 2 aromatic heterocycles. The van der Waals surface area contributed by atoms with Gasteiger partial charge in [-0.2, -0.15) is 5.10 Å². The minimum absolute atomic E-state index is 0.149. The highest BCUT2D eigenvalue weighted by Gasteiger charge is 2.26. The van der Waals surface area contributed by atoms with Crippen molar-refractivity contribution in [2.24, 2.45) is 12.8 Å². The molecule has 0 bridgehead atoms. The van der Waals surface area contributed by atoms with E-state index < -0.39 is 5.91 Å². The molecule has 0 atom stereocenters. The van der Waals surface area contributed by atoms with E-state index in [9.17, 15) is 9.59 Å². The molecule has 3 rings (SSSR count). The lowest BCUT2D eigenvalue weighted by Crippen LogP contribution is -2.30. The smallest absolute Gasteiger partial charge is 0.251 e. The minimum atomic E-state index is -0.464. The van der Waals surface area contributed by atoms with Crippen LogP contribution in [0.4, 0.5) is 5.00 Å². The molecule has 2 aromatic rings. The Hall–Kier alpha value is -2.19. The van der Waals surface area contributed by atoms with E-state index in [1.54, 1.807) is 10.9 Å². The lowest BCUT2D eigenvalue weighted by molar-refractivity contribution is -0.117. The zero-order valence-electron chi connectivity index (χ0n) is 13.8. The zero-order valence-corrected chi connectivity index (χ0v) is 14.7. The maximum Gasteiger partial charge on any atom is 0.251 e. The van der Waals surface area contributed by atoms with E-state index in [-0.39, 0.29) is 12.5 Å². The fourth-order valence-corrected chi connectivity index (χ4v) is 4.40. The van der Waals surface area contributed by atoms with Crippen LogP contribution in [0, 0.1) is 0 Å². The number of thiophene rings is 1. The molecule has 0 unspecified atom stereocenters. The first-order valence-corrected chi connectivity index (χ1v) is 8.66. The molecule has 2 amide bonds. The summed E-state index contributed by atoms with van der Waals surface area (Å²) >= 11 is 1.48. The van der Waals surface area contributed by atoms with Crippen molar-refractivity contribution < 1.29 is 9.59 Å². The number of hydrogen-bond acceptors (Lipinski definition) is 5. The van der Waals surface area contributed by atoms with Crippen LogP contribution in [-0.4, -0.2) is 40.1 Å². The third-order valence-electron chi connectivity index (χ3n) is 4.05. The van der Waals surface area contributed by atoms with Gasteiger partial charge in [0.1, 0.15) is 5.00 Å². The molecule has 2 heterocycles. The van der Waals surface area contributed by atoms with Gasteiger partial charge in [0.05, 0.1) is 18.3 Å². The van der Waals surface area contributed by atoms with Crippen LogP contribution in [0.15, 0.2) is 12.4 Å². The molecule has 0 saturated carbocycles. The standard InChI is InChI=1S/C16H21N5O2S/c1-20(7-10-6-18-21(2)8-10)9-13(22)19-16-14(15(17)23)11-4-3-5-12(11)24-16/h6,8H,3-5,7,9H2,1-2H3,(H2,17,23)(H,19,22). The van der Waals surface area contributed by atoms with E-state index in [1.165, 1.54) is 16.2 Å². The van der Waals surface area contributed by atoms with Gasteiger partial charge in [-0.3, -0.25) is 19.2 Å². The summed E-state index contributed by atoms with van der Waals surface area (Å²) in [6.45, 7) is 0.862. The summed E-state index contributed by atoms with van der Waals surface area (Å²) in [7, 11) is 3.73. The Morgan fingerprint density at radius 2 is 2.25 bits per heavy atom. The number of nitrogens with one attached hydrogen (secondary N) is 1. The number of aryl methyl sites for hydroxylation is 2. The second kappa shape index (κ2) is 6.74. The Morgan fingerprint density at radius 3 is 2.92 bits per heavy atom. The van der Waals surface area contributed by atoms with Crippen LogP contribution in [0.3, 0.4) is 0 Å². The Morgan fingerprint density at radius 1 is 1.46 bits per heavy atom. The van der Waals surface area contributed by atoms with Gasteiger partial charge in [0.2, 0.25) is 5.91 Å². The number of fused-ring (bicyclic) bond motifs is 1. The minimum Gasteiger partial charge on any atom is -0.365 e. The second-order valence-electron chi connectivity index (χ2n) is 6.17. The molecule has 3 N–H and O–H groups in total. The van der Waals surface area contributed by atoms with Crippen LogP contribution in [0.2, 0.25) is 0 Å². The van der Waals surface area contributed by atoms with Gasteiger partial charge in [0.15, 0.2) is 0 Å². The molecule has 1 aliphatic rings. The topological polar surface area (TPSA) is 93.2 Å². The molecule has 0 spiro atoms. The second-order valence-corrected chi connectivity index (χ2v) is 7.27. The number of nitrogens with two attached hydrogens (primary N) is 1. The Labute approximate surface area is 144 Å². The van der Waals surface area contributed by atoms with Crippen LogP contribution in [0.5, 0.6) is 0 Å². The summed E-state index contributed by atoms with van der Waals surface area (Å²) < 4.78 is 1.73. The molecular weight excluding hydrogens is 326 g/mol. The van der Waals surface area contributed by atoms with Crippen LogP contribution in [0.1, 0.15) is 32.8 Å². The summed E-state index contributed by atoms with van der Waals surface area (Å²) in [6, 6.07) is 0. The van der Waals surface area contributed by atoms with Crippen LogP contribution >= 0.6 is 11.3 Å². The number of amides is 2. The number of carbonyl (C=O) groups is 2. The maximum atomic E-state index is 12.3. The van der Waals surface area contributed by atoms with Crippen molar-refractivity contribution in [2.75, 3.05) is 18.9 Å². The van der Waals surface area contributed by atoms with Crippen molar-refractivity contribution in [3.8, 4) is 0 Å². The van der Waals surface area contributed by atoms with Crippen molar-refractivity contribution >= 4 is 28.2 Å². The van der Waals surface area contributed by atoms with E-state index >= 15 is 0 Å². The fourth-order valence-electron chi connectivity index (χ4n) is 3.09. The average Bonchev–Trinajstić information content (AvgIpc) is 3.14. The third-order valence-corrected chi connectivity index (χ3v) is 5.25. The summed E-state index contributed by atoms with van der Waals surface area (Å²) in [5, 5.41) is 7.56. The SMILES string of the molecule is CN(CC(=O)Nc1sc2c(c1C(N)=O)CCC2)Cc1cnn(C)c1. The number of likely N-dealkylation sites (N-methyl/N-ethyl adjacent to an activating group) is 1. The fraction of sp³-hybridized carbons (Fsp3) is 0.438. The first-order valence-electron chi connectivity index (χ1n) is 7.84. The Bertz CT molecular complexity index is 780. The maximum absolute atomic E-state index is 12.3. The van der Waals surface area contributed by atoms with Gasteiger partial charge < -0.3 is 11.1 Å². The van der Waals surface area contributed by atoms with Crippen molar-refractivity contribution in [3.05, 3.63) is 34.0 Å². The van der Waals surface area contributed by atoms with E-state index in [1.807, 2.05) is 25.2 Å². The largest absolute Gasteiger partial charge is 0.365 e. The van der Waals surface area contributed by atoms with Gasteiger partial charge in [0, 0.05) is 30.2 Å². The van der Waals surface area contributed by atoms with E-state index in [0.717, 1.165) is 30.4 Å². The Balaban J connectivity index is 1.64. The number of rotatable bonds is 6. The lowest BCUT2D eigenvalue weighted by atomic mass is 10.1. The van der Waals surface area contributed by atoms with Crippen LogP contribution in [-0.2, 0) is 31.2 Å². The molecule has 8 heteroatoms. The van der Waals surface area contributed by atoms with Crippen molar-refractivity contribution in [2.45, 2.75) is 25.8 Å². The third kappa shape index (κ3) is 3.49. The first-order chi connectivity index (χ1) is 11.4. The van der Waals surface area contributed by atoms with Gasteiger partial charge in [-0.05, 0) is 31.9 Å². The molecule has 0 fully saturated rings.